The molecule has 0 saturated carbocycles. The Balaban J connectivity index is 2.14. The molecule has 106 valence electrons. The standard InChI is InChI=1S/C12H8N4O3S2/c1-5-7-9(20-8(5)11(18)19)14-4-15-10(7)21-12-13-3-2-6(17)16-12/h2-4H,1H3,(H,18,19)(H,13,16,17). The number of aromatic nitrogens is 4. The van der Waals surface area contributed by atoms with E-state index in [1.165, 1.54) is 30.4 Å². The van der Waals surface area contributed by atoms with Gasteiger partial charge in [0.25, 0.3) is 5.56 Å². The molecule has 7 nitrogen and oxygen atoms in total. The molecule has 3 aromatic heterocycles. The number of hydrogen-bond donors (Lipinski definition) is 2. The van der Waals surface area contributed by atoms with E-state index in [9.17, 15) is 14.7 Å². The number of nitrogens with one attached hydrogen (secondary N) is 1. The minimum absolute atomic E-state index is 0.238. The van der Waals surface area contributed by atoms with Crippen molar-refractivity contribution in [1.82, 2.24) is 19.9 Å². The maximum atomic E-state index is 11.3. The number of carboxylic acid groups (broad SMARTS) is 1. The Morgan fingerprint density at radius 1 is 1.38 bits per heavy atom. The van der Waals surface area contributed by atoms with Gasteiger partial charge in [0.1, 0.15) is 21.1 Å². The number of nitrogens with zero attached hydrogens (tertiary/aromatic N) is 3. The molecule has 0 amide bonds. The lowest BCUT2D eigenvalue weighted by atomic mass is 10.2. The van der Waals surface area contributed by atoms with Crippen molar-refractivity contribution in [3.63, 3.8) is 0 Å². The highest BCUT2D eigenvalue weighted by Crippen LogP contribution is 2.36. The van der Waals surface area contributed by atoms with E-state index in [0.29, 0.717) is 26.0 Å². The predicted octanol–water partition coefficient (Wildman–Crippen LogP) is 1.93. The Kier molecular flexibility index (Phi) is 3.43. The Bertz CT molecular complexity index is 903. The van der Waals surface area contributed by atoms with Gasteiger partial charge in [0.05, 0.1) is 0 Å². The van der Waals surface area contributed by atoms with E-state index >= 15 is 0 Å². The lowest BCUT2D eigenvalue weighted by Crippen LogP contribution is -2.05. The molecular weight excluding hydrogens is 312 g/mol. The van der Waals surface area contributed by atoms with E-state index in [2.05, 4.69) is 19.9 Å². The van der Waals surface area contributed by atoms with Crippen LogP contribution in [0.4, 0.5) is 0 Å². The molecule has 9 heteroatoms. The molecule has 0 saturated heterocycles. The number of aryl methyl sites for hydroxylation is 1. The monoisotopic (exact) mass is 320 g/mol. The van der Waals surface area contributed by atoms with E-state index in [0.717, 1.165) is 11.3 Å². The predicted molar refractivity (Wildman–Crippen MR) is 78.1 cm³/mol. The van der Waals surface area contributed by atoms with Gasteiger partial charge in [-0.2, -0.15) is 0 Å². The first-order chi connectivity index (χ1) is 10.1. The second-order valence-corrected chi connectivity index (χ2v) is 6.04. The first kappa shape index (κ1) is 13.7. The van der Waals surface area contributed by atoms with E-state index in [-0.39, 0.29) is 10.4 Å². The smallest absolute Gasteiger partial charge is 0.346 e. The van der Waals surface area contributed by atoms with Crippen LogP contribution in [-0.2, 0) is 0 Å². The van der Waals surface area contributed by atoms with Crippen LogP contribution in [-0.4, -0.2) is 31.0 Å². The molecule has 3 heterocycles. The summed E-state index contributed by atoms with van der Waals surface area (Å²) < 4.78 is 0. The fraction of sp³-hybridized carbons (Fsp3) is 0.0833. The third kappa shape index (κ3) is 2.52. The molecule has 3 rings (SSSR count). The van der Waals surface area contributed by atoms with Crippen molar-refractivity contribution in [2.75, 3.05) is 0 Å². The topological polar surface area (TPSA) is 109 Å². The zero-order valence-electron chi connectivity index (χ0n) is 10.7. The highest BCUT2D eigenvalue weighted by atomic mass is 32.2. The van der Waals surface area contributed by atoms with Crippen LogP contribution < -0.4 is 5.56 Å². The molecule has 2 N–H and O–H groups in total. The van der Waals surface area contributed by atoms with Gasteiger partial charge in [-0.1, -0.05) is 0 Å². The average molecular weight is 320 g/mol. The Morgan fingerprint density at radius 2 is 2.19 bits per heavy atom. The summed E-state index contributed by atoms with van der Waals surface area (Å²) in [6.07, 6.45) is 2.77. The van der Waals surface area contributed by atoms with E-state index in [1.54, 1.807) is 6.92 Å². The van der Waals surface area contributed by atoms with Crippen LogP contribution in [0.3, 0.4) is 0 Å². The number of aromatic carboxylic acids is 1. The van der Waals surface area contributed by atoms with Crippen LogP contribution in [0.15, 0.2) is 33.6 Å². The second-order valence-electron chi connectivity index (χ2n) is 4.06. The number of thiophene rings is 1. The van der Waals surface area contributed by atoms with Crippen molar-refractivity contribution in [3.05, 3.63) is 39.4 Å². The lowest BCUT2D eigenvalue weighted by molar-refractivity contribution is 0.0701. The first-order valence-corrected chi connectivity index (χ1v) is 7.40. The summed E-state index contributed by atoms with van der Waals surface area (Å²) in [7, 11) is 0. The molecule has 3 aromatic rings. The van der Waals surface area contributed by atoms with Crippen LogP contribution in [0.2, 0.25) is 0 Å². The van der Waals surface area contributed by atoms with Crippen molar-refractivity contribution in [1.29, 1.82) is 0 Å². The molecule has 0 aliphatic carbocycles. The van der Waals surface area contributed by atoms with E-state index in [4.69, 9.17) is 0 Å². The number of aromatic amines is 1. The maximum Gasteiger partial charge on any atom is 0.346 e. The molecule has 0 atom stereocenters. The van der Waals surface area contributed by atoms with Crippen molar-refractivity contribution in [3.8, 4) is 0 Å². The quantitative estimate of drug-likeness (QED) is 0.560. The summed E-state index contributed by atoms with van der Waals surface area (Å²) in [5.74, 6) is -0.988. The van der Waals surface area contributed by atoms with Crippen molar-refractivity contribution < 1.29 is 9.90 Å². The van der Waals surface area contributed by atoms with Crippen LogP contribution in [0.1, 0.15) is 15.2 Å². The van der Waals surface area contributed by atoms with Gasteiger partial charge in [-0.25, -0.2) is 19.7 Å². The van der Waals surface area contributed by atoms with Crippen molar-refractivity contribution >= 4 is 39.3 Å². The summed E-state index contributed by atoms with van der Waals surface area (Å²) in [5.41, 5.74) is 0.356. The molecule has 0 unspecified atom stereocenters. The first-order valence-electron chi connectivity index (χ1n) is 5.77. The minimum atomic E-state index is -0.988. The molecule has 0 aliphatic heterocycles. The Hall–Kier alpha value is -2.26. The highest BCUT2D eigenvalue weighted by Gasteiger charge is 2.19. The van der Waals surface area contributed by atoms with Crippen LogP contribution in [0.25, 0.3) is 10.2 Å². The van der Waals surface area contributed by atoms with Crippen LogP contribution in [0, 0.1) is 6.92 Å². The lowest BCUT2D eigenvalue weighted by Gasteiger charge is -2.01. The molecule has 0 spiro atoms. The van der Waals surface area contributed by atoms with Gasteiger partial charge in [0.2, 0.25) is 0 Å². The van der Waals surface area contributed by atoms with Crippen molar-refractivity contribution in [2.45, 2.75) is 17.1 Å². The second kappa shape index (κ2) is 5.26. The third-order valence-electron chi connectivity index (χ3n) is 2.73. The summed E-state index contributed by atoms with van der Waals surface area (Å²) in [6.45, 7) is 1.72. The largest absolute Gasteiger partial charge is 0.477 e. The fourth-order valence-corrected chi connectivity index (χ4v) is 3.77. The number of fused-ring (bicyclic) bond motifs is 1. The van der Waals surface area contributed by atoms with Gasteiger partial charge in [-0.15, -0.1) is 11.3 Å². The third-order valence-corrected chi connectivity index (χ3v) is 4.82. The molecular formula is C12H8N4O3S2. The molecule has 0 aliphatic rings. The molecule has 0 fully saturated rings. The number of carboxylic acids is 1. The Labute approximate surface area is 126 Å². The number of rotatable bonds is 3. The fourth-order valence-electron chi connectivity index (χ4n) is 1.82. The van der Waals surface area contributed by atoms with Crippen LogP contribution >= 0.6 is 23.1 Å². The normalized spacial score (nSPS) is 10.9. The number of H-pyrrole nitrogens is 1. The zero-order chi connectivity index (χ0) is 15.0. The molecule has 0 radical (unpaired) electrons. The van der Waals surface area contributed by atoms with Gasteiger partial charge in [-0.3, -0.25) is 4.79 Å². The minimum Gasteiger partial charge on any atom is -0.477 e. The maximum absolute atomic E-state index is 11.3. The number of hydrogen-bond acceptors (Lipinski definition) is 7. The summed E-state index contributed by atoms with van der Waals surface area (Å²) in [5, 5.41) is 10.8. The van der Waals surface area contributed by atoms with Crippen molar-refractivity contribution in [2.24, 2.45) is 0 Å². The summed E-state index contributed by atoms with van der Waals surface area (Å²) >= 11 is 2.27. The van der Waals surface area contributed by atoms with E-state index in [1.807, 2.05) is 0 Å². The highest BCUT2D eigenvalue weighted by molar-refractivity contribution is 7.99. The SMILES string of the molecule is Cc1c(C(=O)O)sc2ncnc(Sc3nccc(=O)[nH]3)c12. The Morgan fingerprint density at radius 3 is 2.90 bits per heavy atom. The van der Waals surface area contributed by atoms with Gasteiger partial charge in [0.15, 0.2) is 5.16 Å². The van der Waals surface area contributed by atoms with Gasteiger partial charge < -0.3 is 10.1 Å². The van der Waals surface area contributed by atoms with Crippen LogP contribution in [0.5, 0.6) is 0 Å². The summed E-state index contributed by atoms with van der Waals surface area (Å²) in [6, 6.07) is 1.32. The number of carbonyl (C=O) groups is 1. The van der Waals surface area contributed by atoms with Gasteiger partial charge in [-0.05, 0) is 24.2 Å². The zero-order valence-corrected chi connectivity index (χ0v) is 12.3. The van der Waals surface area contributed by atoms with Gasteiger partial charge >= 0.3 is 5.97 Å². The average Bonchev–Trinajstić information content (AvgIpc) is 2.77. The van der Waals surface area contributed by atoms with E-state index < -0.39 is 5.97 Å². The molecule has 21 heavy (non-hydrogen) atoms. The van der Waals surface area contributed by atoms with Gasteiger partial charge in [0, 0.05) is 17.6 Å². The molecule has 0 aromatic carbocycles. The summed E-state index contributed by atoms with van der Waals surface area (Å²) in [4.78, 5) is 38.2. The molecule has 0 bridgehead atoms.